The first-order valence-corrected chi connectivity index (χ1v) is 17.3. The van der Waals surface area contributed by atoms with Gasteiger partial charge in [0.15, 0.2) is 0 Å². The van der Waals surface area contributed by atoms with E-state index in [0.29, 0.717) is 37.5 Å². The number of nitrogens with zero attached hydrogens (tertiary/aromatic N) is 5. The first-order valence-electron chi connectivity index (χ1n) is 16.6. The third-order valence-corrected chi connectivity index (χ3v) is 8.47. The maximum atomic E-state index is 12.7. The van der Waals surface area contributed by atoms with Gasteiger partial charge in [0, 0.05) is 63.1 Å². The van der Waals surface area contributed by atoms with Gasteiger partial charge in [0.2, 0.25) is 5.91 Å². The Bertz CT molecular complexity index is 1650. The summed E-state index contributed by atoms with van der Waals surface area (Å²) in [5.41, 5.74) is 0.919. The Kier molecular flexibility index (Phi) is 22.9. The number of benzene rings is 1. The molecule has 0 aliphatic heterocycles. The minimum absolute atomic E-state index is 0. The Hall–Kier alpha value is -4.89. The molecule has 0 unspecified atom stereocenters. The fourth-order valence-electron chi connectivity index (χ4n) is 5.21. The van der Waals surface area contributed by atoms with Crippen LogP contribution < -0.4 is 21.8 Å². The molecule has 0 aliphatic rings. The van der Waals surface area contributed by atoms with E-state index in [4.69, 9.17) is 5.90 Å². The minimum atomic E-state index is -1.47. The smallest absolute Gasteiger partial charge is 0.326 e. The van der Waals surface area contributed by atoms with Gasteiger partial charge in [-0.25, -0.2) is 24.4 Å². The van der Waals surface area contributed by atoms with Gasteiger partial charge in [-0.05, 0) is 56.3 Å². The molecule has 0 spiro atoms. The molecule has 1 aromatic carbocycles. The number of amides is 3. The second-order valence-electron chi connectivity index (χ2n) is 11.9. The SMILES string of the molecule is C.NOOSc1ccc(CCNC(=O)CC[C@H](NC(=O)N[C@@H](CCCCN(Cc2nccn2CC(=O)O)Cc2nccn2CC(=O)O)C(=O)O)C(=O)O)cc1.[Re]. The predicted molar refractivity (Wildman–Crippen MR) is 194 cm³/mol. The van der Waals surface area contributed by atoms with Gasteiger partial charge >= 0.3 is 29.9 Å². The molecule has 0 saturated heterocycles. The molecule has 3 rings (SSSR count). The molecular formula is C33H47N9O12ReS. The van der Waals surface area contributed by atoms with Crippen molar-refractivity contribution in [1.82, 2.24) is 40.0 Å². The van der Waals surface area contributed by atoms with Gasteiger partial charge < -0.3 is 45.5 Å². The first kappa shape index (κ1) is 49.1. The first-order chi connectivity index (χ1) is 25.8. The number of nitrogens with one attached hydrogen (secondary N) is 3. The van der Waals surface area contributed by atoms with E-state index in [9.17, 15) is 49.2 Å². The summed E-state index contributed by atoms with van der Waals surface area (Å²) in [5.74, 6) is 0.379. The van der Waals surface area contributed by atoms with Crippen LogP contribution in [0.15, 0.2) is 53.9 Å². The van der Waals surface area contributed by atoms with Gasteiger partial charge in [0.25, 0.3) is 0 Å². The Labute approximate surface area is 340 Å². The maximum absolute atomic E-state index is 12.7. The summed E-state index contributed by atoms with van der Waals surface area (Å²) >= 11 is 0.926. The summed E-state index contributed by atoms with van der Waals surface area (Å²) in [6.45, 7) is 0.331. The summed E-state index contributed by atoms with van der Waals surface area (Å²) in [6, 6.07) is 3.33. The normalized spacial score (nSPS) is 11.8. The average Bonchev–Trinajstić information content (AvgIpc) is 3.74. The van der Waals surface area contributed by atoms with Crippen LogP contribution in [0.2, 0.25) is 0 Å². The van der Waals surface area contributed by atoms with Crippen molar-refractivity contribution in [2.45, 2.75) is 89.1 Å². The van der Waals surface area contributed by atoms with Crippen LogP contribution >= 0.6 is 12.0 Å². The zero-order chi connectivity index (χ0) is 39.5. The number of unbranched alkanes of at least 4 members (excludes halogenated alkanes) is 1. The third-order valence-electron chi connectivity index (χ3n) is 7.86. The zero-order valence-electron chi connectivity index (χ0n) is 29.4. The molecular weight excluding hydrogens is 933 g/mol. The second kappa shape index (κ2) is 26.1. The number of carboxylic acid groups (broad SMARTS) is 4. The molecule has 0 aliphatic carbocycles. The number of urea groups is 1. The van der Waals surface area contributed by atoms with E-state index in [-0.39, 0.29) is 79.8 Å². The summed E-state index contributed by atoms with van der Waals surface area (Å²) in [5, 5.41) is 45.1. The number of aliphatic carboxylic acids is 4. The molecule has 309 valence electrons. The van der Waals surface area contributed by atoms with Crippen LogP contribution in [0.5, 0.6) is 0 Å². The number of carboxylic acids is 4. The topological polar surface area (TPSA) is 303 Å². The number of hydrogen-bond donors (Lipinski definition) is 8. The number of imidazole rings is 2. The van der Waals surface area contributed by atoms with Crippen molar-refractivity contribution in [1.29, 1.82) is 0 Å². The second-order valence-corrected chi connectivity index (χ2v) is 12.6. The number of aromatic nitrogens is 4. The molecule has 2 heterocycles. The molecule has 0 saturated carbocycles. The van der Waals surface area contributed by atoms with E-state index < -0.39 is 47.9 Å². The molecule has 3 amide bonds. The van der Waals surface area contributed by atoms with E-state index in [1.165, 1.54) is 33.9 Å². The van der Waals surface area contributed by atoms with Crippen LogP contribution in [0.3, 0.4) is 0 Å². The molecule has 2 atom stereocenters. The Morgan fingerprint density at radius 2 is 1.36 bits per heavy atom. The number of hydrogen-bond acceptors (Lipinski definition) is 13. The molecule has 0 fully saturated rings. The summed E-state index contributed by atoms with van der Waals surface area (Å²) in [7, 11) is 0. The quantitative estimate of drug-likeness (QED) is 0.0243. The molecule has 23 heteroatoms. The molecule has 0 bridgehead atoms. The summed E-state index contributed by atoms with van der Waals surface area (Å²) < 4.78 is 7.49. The molecule has 3 aromatic rings. The van der Waals surface area contributed by atoms with Crippen molar-refractivity contribution in [2.24, 2.45) is 5.90 Å². The van der Waals surface area contributed by atoms with E-state index in [1.54, 1.807) is 12.1 Å². The van der Waals surface area contributed by atoms with Crippen molar-refractivity contribution >= 4 is 47.9 Å². The molecule has 9 N–H and O–H groups in total. The zero-order valence-corrected chi connectivity index (χ0v) is 32.9. The van der Waals surface area contributed by atoms with Crippen molar-refractivity contribution in [3.63, 3.8) is 0 Å². The van der Waals surface area contributed by atoms with E-state index >= 15 is 0 Å². The van der Waals surface area contributed by atoms with Gasteiger partial charge in [-0.1, -0.05) is 19.6 Å². The van der Waals surface area contributed by atoms with E-state index in [2.05, 4.69) is 35.2 Å². The summed E-state index contributed by atoms with van der Waals surface area (Å²) in [6.07, 6.45) is 6.68. The molecule has 2 aromatic heterocycles. The van der Waals surface area contributed by atoms with Gasteiger partial charge in [-0.15, -0.1) is 9.32 Å². The van der Waals surface area contributed by atoms with Gasteiger partial charge in [-0.3, -0.25) is 19.3 Å². The standard InChI is InChI=1S/C32H43N9O12S.CH4.Re/c33-52-53-54-22-6-4-21(5-7-22)10-11-36-27(42)9-8-24(31(49)50)38-32(51)37-23(30(47)48)3-1-2-14-39(17-25-34-12-15-40(25)19-28(43)44)18-26-35-13-16-41(26)20-29(45)46;;/h4-7,12-13,15-16,23-24H,1-3,8-11,14,17-20,33H2,(H,36,42)(H,43,44)(H,45,46)(H,47,48)(H,49,50)(H2,37,38,51);1H4;/t23-,24-;;/m0../s1. The number of carbonyl (C=O) groups is 6. The molecule has 56 heavy (non-hydrogen) atoms. The van der Waals surface area contributed by atoms with E-state index in [1.807, 2.05) is 17.0 Å². The van der Waals surface area contributed by atoms with Gasteiger partial charge in [0.1, 0.15) is 36.8 Å². The van der Waals surface area contributed by atoms with E-state index in [0.717, 1.165) is 22.5 Å². The van der Waals surface area contributed by atoms with Crippen LogP contribution in [0.4, 0.5) is 4.79 Å². The largest absolute Gasteiger partial charge is 0.480 e. The Morgan fingerprint density at radius 3 is 1.86 bits per heavy atom. The average molecular weight is 980 g/mol. The van der Waals surface area contributed by atoms with Crippen LogP contribution in [0, 0.1) is 0 Å². The van der Waals surface area contributed by atoms with Gasteiger partial charge in [-0.2, -0.15) is 5.90 Å². The predicted octanol–water partition coefficient (Wildman–Crippen LogP) is 1.23. The minimum Gasteiger partial charge on any atom is -0.480 e. The van der Waals surface area contributed by atoms with Crippen molar-refractivity contribution in [3.05, 3.63) is 66.3 Å². The Morgan fingerprint density at radius 1 is 0.821 bits per heavy atom. The fourth-order valence-corrected chi connectivity index (χ4v) is 5.58. The third kappa shape index (κ3) is 18.2. The number of rotatable bonds is 26. The Balaban J connectivity index is 0.00000784. The molecule has 1 radical (unpaired) electrons. The number of nitrogens with two attached hydrogens (primary N) is 1. The van der Waals surface area contributed by atoms with Crippen LogP contribution in [0.1, 0.15) is 56.7 Å². The monoisotopic (exact) mass is 980 g/mol. The van der Waals surface area contributed by atoms with Crippen LogP contribution in [-0.2, 0) is 86.3 Å². The molecule has 21 nitrogen and oxygen atoms in total. The van der Waals surface area contributed by atoms with Crippen LogP contribution in [0.25, 0.3) is 0 Å². The van der Waals surface area contributed by atoms with Crippen molar-refractivity contribution in [2.75, 3.05) is 13.1 Å². The fraction of sp³-hybridized carbons (Fsp3) is 0.455. The van der Waals surface area contributed by atoms with Crippen molar-refractivity contribution in [3.8, 4) is 0 Å². The number of carbonyl (C=O) groups excluding carboxylic acids is 2. The van der Waals surface area contributed by atoms with Crippen LogP contribution in [-0.4, -0.2) is 105 Å². The van der Waals surface area contributed by atoms with Crippen molar-refractivity contribution < 1.29 is 78.9 Å². The van der Waals surface area contributed by atoms with Gasteiger partial charge in [0.05, 0.1) is 25.1 Å². The summed E-state index contributed by atoms with van der Waals surface area (Å²) in [4.78, 5) is 86.6. The maximum Gasteiger partial charge on any atom is 0.326 e.